The lowest BCUT2D eigenvalue weighted by Crippen LogP contribution is -2.52. The molecule has 0 spiro atoms. The van der Waals surface area contributed by atoms with E-state index in [1.165, 1.54) is 0 Å². The first-order valence-corrected chi connectivity index (χ1v) is 11.9. The first-order valence-electron chi connectivity index (χ1n) is 11.9. The zero-order valence-electron chi connectivity index (χ0n) is 21.6. The summed E-state index contributed by atoms with van der Waals surface area (Å²) in [7, 11) is -0.513. The lowest BCUT2D eigenvalue weighted by molar-refractivity contribution is -0.134. The number of hydrogen-bond acceptors (Lipinski definition) is 8. The quantitative estimate of drug-likeness (QED) is 0.623. The third kappa shape index (κ3) is 6.38. The van der Waals surface area contributed by atoms with Gasteiger partial charge >= 0.3 is 13.2 Å². The van der Waals surface area contributed by atoms with Crippen molar-refractivity contribution in [1.82, 2.24) is 20.2 Å². The van der Waals surface area contributed by atoms with Gasteiger partial charge in [0.25, 0.3) is 0 Å². The molecule has 2 aliphatic heterocycles. The molecule has 1 aromatic heterocycles. The molecule has 2 amide bonds. The number of likely N-dealkylation sites (tertiary alicyclic amines) is 1. The molecule has 3 rings (SSSR count). The summed E-state index contributed by atoms with van der Waals surface area (Å²) in [6.45, 7) is 16.2. The SMILES string of the molecule is CC(NC(=O)OC(C)(C)C)C(=O)N1CCC[C@H](Nc2ncc(B3OC(C)(C)C(C)(C)O3)cn2)C1. The topological polar surface area (TPSA) is 115 Å². The van der Waals surface area contributed by atoms with Gasteiger partial charge in [0.1, 0.15) is 11.6 Å². The third-order valence-electron chi connectivity index (χ3n) is 6.37. The summed E-state index contributed by atoms with van der Waals surface area (Å²) in [5.41, 5.74) is -0.721. The summed E-state index contributed by atoms with van der Waals surface area (Å²) in [5, 5.41) is 5.94. The van der Waals surface area contributed by atoms with E-state index in [0.29, 0.717) is 19.0 Å². The predicted octanol–water partition coefficient (Wildman–Crippen LogP) is 2.09. The molecule has 0 bridgehead atoms. The van der Waals surface area contributed by atoms with E-state index in [2.05, 4.69) is 20.6 Å². The monoisotopic (exact) mass is 475 g/mol. The third-order valence-corrected chi connectivity index (χ3v) is 6.37. The average molecular weight is 475 g/mol. The number of hydrogen-bond donors (Lipinski definition) is 2. The van der Waals surface area contributed by atoms with Gasteiger partial charge in [0.05, 0.1) is 11.2 Å². The van der Waals surface area contributed by atoms with E-state index in [4.69, 9.17) is 14.0 Å². The molecule has 0 radical (unpaired) electrons. The van der Waals surface area contributed by atoms with Crippen molar-refractivity contribution in [2.24, 2.45) is 0 Å². The Balaban J connectivity index is 1.54. The molecule has 2 saturated heterocycles. The van der Waals surface area contributed by atoms with Gasteiger partial charge in [-0.1, -0.05) is 0 Å². The first-order chi connectivity index (χ1) is 15.7. The standard InChI is InChI=1S/C23H38BN5O5/c1-15(27-20(31)32-21(2,3)4)18(30)29-11-9-10-17(14-29)28-19-25-12-16(13-26-19)24-33-22(5,6)23(7,8)34-24/h12-13,15,17H,9-11,14H2,1-8H3,(H,27,31)(H,25,26,28)/t15?,17-/m0/s1. The number of piperidine rings is 1. The zero-order valence-corrected chi connectivity index (χ0v) is 21.6. The molecule has 34 heavy (non-hydrogen) atoms. The molecule has 2 N–H and O–H groups in total. The summed E-state index contributed by atoms with van der Waals surface area (Å²) in [4.78, 5) is 35.5. The van der Waals surface area contributed by atoms with Crippen LogP contribution in [0.1, 0.15) is 68.2 Å². The second-order valence-corrected chi connectivity index (χ2v) is 11.1. The van der Waals surface area contributed by atoms with Crippen LogP contribution >= 0.6 is 0 Å². The summed E-state index contributed by atoms with van der Waals surface area (Å²) < 4.78 is 17.3. The number of nitrogens with zero attached hydrogens (tertiary/aromatic N) is 3. The van der Waals surface area contributed by atoms with Gasteiger partial charge < -0.3 is 29.6 Å². The maximum Gasteiger partial charge on any atom is 0.498 e. The Labute approximate surface area is 202 Å². The Morgan fingerprint density at radius 3 is 2.32 bits per heavy atom. The van der Waals surface area contributed by atoms with Crippen molar-refractivity contribution in [3.8, 4) is 0 Å². The Hall–Kier alpha value is -2.40. The van der Waals surface area contributed by atoms with Crippen LogP contribution in [0.4, 0.5) is 10.7 Å². The minimum absolute atomic E-state index is 0.00845. The van der Waals surface area contributed by atoms with E-state index in [-0.39, 0.29) is 11.9 Å². The van der Waals surface area contributed by atoms with E-state index in [1.807, 2.05) is 27.7 Å². The van der Waals surface area contributed by atoms with E-state index in [1.54, 1.807) is 45.0 Å². The van der Waals surface area contributed by atoms with Crippen molar-refractivity contribution in [2.75, 3.05) is 18.4 Å². The highest BCUT2D eigenvalue weighted by molar-refractivity contribution is 6.61. The predicted molar refractivity (Wildman–Crippen MR) is 130 cm³/mol. The fourth-order valence-electron chi connectivity index (χ4n) is 3.81. The number of alkyl carbamates (subject to hydrolysis) is 1. The van der Waals surface area contributed by atoms with Crippen molar-refractivity contribution < 1.29 is 23.6 Å². The Morgan fingerprint density at radius 2 is 1.76 bits per heavy atom. The van der Waals surface area contributed by atoms with E-state index >= 15 is 0 Å². The van der Waals surface area contributed by atoms with Crippen molar-refractivity contribution in [3.63, 3.8) is 0 Å². The fraction of sp³-hybridized carbons (Fsp3) is 0.739. The molecular formula is C23H38BN5O5. The fourth-order valence-corrected chi connectivity index (χ4v) is 3.81. The molecule has 188 valence electrons. The van der Waals surface area contributed by atoms with Crippen LogP contribution in [0.5, 0.6) is 0 Å². The van der Waals surface area contributed by atoms with Gasteiger partial charge in [0.15, 0.2) is 0 Å². The van der Waals surface area contributed by atoms with Crippen molar-refractivity contribution in [2.45, 2.75) is 97.1 Å². The maximum atomic E-state index is 12.9. The highest BCUT2D eigenvalue weighted by Crippen LogP contribution is 2.36. The van der Waals surface area contributed by atoms with Crippen LogP contribution in [-0.4, -0.2) is 76.0 Å². The van der Waals surface area contributed by atoms with Crippen LogP contribution in [0, 0.1) is 0 Å². The minimum atomic E-state index is -0.677. The van der Waals surface area contributed by atoms with Gasteiger partial charge in [-0.25, -0.2) is 14.8 Å². The smallest absolute Gasteiger partial charge is 0.444 e. The molecule has 10 nitrogen and oxygen atoms in total. The van der Waals surface area contributed by atoms with Crippen LogP contribution in [-0.2, 0) is 18.8 Å². The van der Waals surface area contributed by atoms with Crippen LogP contribution in [0.25, 0.3) is 0 Å². The number of carbonyl (C=O) groups excluding carboxylic acids is 2. The highest BCUT2D eigenvalue weighted by Gasteiger charge is 2.52. The number of rotatable bonds is 5. The molecule has 0 saturated carbocycles. The second kappa shape index (κ2) is 9.69. The molecule has 1 aromatic rings. The van der Waals surface area contributed by atoms with E-state index < -0.39 is 36.1 Å². The molecule has 1 unspecified atom stereocenters. The van der Waals surface area contributed by atoms with Crippen molar-refractivity contribution >= 4 is 30.5 Å². The summed E-state index contributed by atoms with van der Waals surface area (Å²) in [5.74, 6) is 0.342. The lowest BCUT2D eigenvalue weighted by Gasteiger charge is -2.34. The van der Waals surface area contributed by atoms with Gasteiger partial charge in [-0.05, 0) is 68.2 Å². The van der Waals surface area contributed by atoms with Gasteiger partial charge in [-0.3, -0.25) is 4.79 Å². The van der Waals surface area contributed by atoms with Gasteiger partial charge in [-0.15, -0.1) is 0 Å². The van der Waals surface area contributed by atoms with Gasteiger partial charge in [-0.2, -0.15) is 0 Å². The van der Waals surface area contributed by atoms with Crippen LogP contribution in [0.2, 0.25) is 0 Å². The lowest BCUT2D eigenvalue weighted by atomic mass is 9.81. The molecule has 2 fully saturated rings. The largest absolute Gasteiger partial charge is 0.498 e. The normalized spacial score (nSPS) is 22.8. The Morgan fingerprint density at radius 1 is 1.18 bits per heavy atom. The maximum absolute atomic E-state index is 12.9. The molecule has 3 heterocycles. The van der Waals surface area contributed by atoms with E-state index in [0.717, 1.165) is 18.3 Å². The number of nitrogens with one attached hydrogen (secondary N) is 2. The van der Waals surface area contributed by atoms with Crippen molar-refractivity contribution in [1.29, 1.82) is 0 Å². The number of carbonyl (C=O) groups is 2. The highest BCUT2D eigenvalue weighted by atomic mass is 16.7. The summed E-state index contributed by atoms with van der Waals surface area (Å²) in [6, 6.07) is -0.668. The number of aromatic nitrogens is 2. The Kier molecular flexibility index (Phi) is 7.47. The first kappa shape index (κ1) is 26.2. The molecule has 2 aliphatic rings. The number of amides is 2. The minimum Gasteiger partial charge on any atom is -0.444 e. The van der Waals surface area contributed by atoms with Crippen LogP contribution < -0.4 is 16.1 Å². The Bertz CT molecular complexity index is 871. The molecule has 11 heteroatoms. The summed E-state index contributed by atoms with van der Waals surface area (Å²) >= 11 is 0. The number of anilines is 1. The van der Waals surface area contributed by atoms with Gasteiger partial charge in [0.2, 0.25) is 11.9 Å². The number of ether oxygens (including phenoxy) is 1. The molecule has 0 aliphatic carbocycles. The van der Waals surface area contributed by atoms with Crippen molar-refractivity contribution in [3.05, 3.63) is 12.4 Å². The van der Waals surface area contributed by atoms with E-state index in [9.17, 15) is 9.59 Å². The molecule has 2 atom stereocenters. The van der Waals surface area contributed by atoms with Gasteiger partial charge in [0, 0.05) is 37.0 Å². The molecular weight excluding hydrogens is 437 g/mol. The summed E-state index contributed by atoms with van der Waals surface area (Å²) in [6.07, 6.45) is 4.54. The van der Waals surface area contributed by atoms with Crippen LogP contribution in [0.15, 0.2) is 12.4 Å². The van der Waals surface area contributed by atoms with Crippen LogP contribution in [0.3, 0.4) is 0 Å². The zero-order chi connectivity index (χ0) is 25.3. The average Bonchev–Trinajstić information content (AvgIpc) is 2.93. The second-order valence-electron chi connectivity index (χ2n) is 11.1. The molecule has 0 aromatic carbocycles.